The Morgan fingerprint density at radius 2 is 2.25 bits per heavy atom. The second-order valence-corrected chi connectivity index (χ2v) is 4.84. The number of aliphatic carboxylic acids is 1. The third-order valence-corrected chi connectivity index (χ3v) is 3.44. The van der Waals surface area contributed by atoms with E-state index >= 15 is 0 Å². The fourth-order valence-electron chi connectivity index (χ4n) is 2.20. The lowest BCUT2D eigenvalue weighted by Gasteiger charge is -2.22. The molecule has 0 saturated carbocycles. The number of carboxylic acid groups (broad SMARTS) is 1. The number of carboxylic acids is 1. The van der Waals surface area contributed by atoms with Crippen molar-refractivity contribution in [3.05, 3.63) is 11.9 Å². The highest BCUT2D eigenvalue weighted by atomic mass is 16.4. The maximum absolute atomic E-state index is 11.9. The number of aromatic nitrogens is 3. The molecule has 1 aliphatic heterocycles. The Kier molecular flexibility index (Phi) is 4.67. The number of carbonyl (C=O) groups excluding carboxylic acids is 1. The number of piperidine rings is 1. The molecule has 1 saturated heterocycles. The molecule has 1 fully saturated rings. The van der Waals surface area contributed by atoms with Gasteiger partial charge in [-0.05, 0) is 32.4 Å². The molecule has 1 atom stereocenters. The molecular formula is C12H19N5O3. The zero-order valence-electron chi connectivity index (χ0n) is 11.4. The Labute approximate surface area is 116 Å². The molecule has 2 rings (SSSR count). The van der Waals surface area contributed by atoms with E-state index in [2.05, 4.69) is 20.9 Å². The zero-order valence-corrected chi connectivity index (χ0v) is 11.4. The quantitative estimate of drug-likeness (QED) is 0.689. The minimum Gasteiger partial charge on any atom is -0.480 e. The first-order valence-corrected chi connectivity index (χ1v) is 6.78. The van der Waals surface area contributed by atoms with E-state index in [-0.39, 0.29) is 11.7 Å². The van der Waals surface area contributed by atoms with Gasteiger partial charge in [-0.1, -0.05) is 12.1 Å². The van der Waals surface area contributed by atoms with Crippen molar-refractivity contribution < 1.29 is 14.7 Å². The van der Waals surface area contributed by atoms with E-state index in [1.165, 1.54) is 0 Å². The van der Waals surface area contributed by atoms with Crippen LogP contribution in [0, 0.1) is 0 Å². The molecule has 0 aromatic carbocycles. The molecule has 20 heavy (non-hydrogen) atoms. The van der Waals surface area contributed by atoms with Crippen LogP contribution in [0.5, 0.6) is 0 Å². The fourth-order valence-corrected chi connectivity index (χ4v) is 2.20. The highest BCUT2D eigenvalue weighted by Gasteiger charge is 2.22. The van der Waals surface area contributed by atoms with Gasteiger partial charge < -0.3 is 15.7 Å². The molecule has 0 aliphatic carbocycles. The standard InChI is InChI=1S/C12H19N5O3/c1-2-9(12(19)20)14-11(18)10-7-17(16-15-10)8-3-5-13-6-4-8/h7-9,13H,2-6H2,1H3,(H,14,18)(H,19,20)/t9-/m0/s1. The second kappa shape index (κ2) is 6.47. The van der Waals surface area contributed by atoms with Gasteiger partial charge in [0, 0.05) is 0 Å². The van der Waals surface area contributed by atoms with Crippen molar-refractivity contribution in [2.45, 2.75) is 38.3 Å². The topological polar surface area (TPSA) is 109 Å². The summed E-state index contributed by atoms with van der Waals surface area (Å²) in [5.41, 5.74) is 0.156. The lowest BCUT2D eigenvalue weighted by Crippen LogP contribution is -2.40. The van der Waals surface area contributed by atoms with Crippen LogP contribution in [-0.2, 0) is 4.79 Å². The summed E-state index contributed by atoms with van der Waals surface area (Å²) in [6.45, 7) is 3.54. The van der Waals surface area contributed by atoms with E-state index in [1.807, 2.05) is 0 Å². The third kappa shape index (κ3) is 3.32. The maximum Gasteiger partial charge on any atom is 0.326 e. The van der Waals surface area contributed by atoms with Gasteiger partial charge in [0.15, 0.2) is 5.69 Å². The van der Waals surface area contributed by atoms with Crippen molar-refractivity contribution in [1.82, 2.24) is 25.6 Å². The van der Waals surface area contributed by atoms with Crippen molar-refractivity contribution in [1.29, 1.82) is 0 Å². The molecule has 0 bridgehead atoms. The van der Waals surface area contributed by atoms with E-state index in [1.54, 1.807) is 17.8 Å². The Bertz CT molecular complexity index is 481. The van der Waals surface area contributed by atoms with Crippen molar-refractivity contribution in [2.24, 2.45) is 0 Å². The lowest BCUT2D eigenvalue weighted by atomic mass is 10.1. The van der Waals surface area contributed by atoms with Gasteiger partial charge in [0.05, 0.1) is 12.2 Å². The minimum atomic E-state index is -1.05. The van der Waals surface area contributed by atoms with Gasteiger partial charge in [-0.2, -0.15) is 0 Å². The van der Waals surface area contributed by atoms with Crippen molar-refractivity contribution in [2.75, 3.05) is 13.1 Å². The first kappa shape index (κ1) is 14.4. The molecule has 3 N–H and O–H groups in total. The van der Waals surface area contributed by atoms with E-state index in [0.29, 0.717) is 6.42 Å². The summed E-state index contributed by atoms with van der Waals surface area (Å²) in [5, 5.41) is 22.4. The molecule has 0 unspecified atom stereocenters. The van der Waals surface area contributed by atoms with Crippen LogP contribution in [0.1, 0.15) is 42.7 Å². The predicted octanol–water partition coefficient (Wildman–Crippen LogP) is -0.204. The van der Waals surface area contributed by atoms with Crippen molar-refractivity contribution >= 4 is 11.9 Å². The Hall–Kier alpha value is -1.96. The Morgan fingerprint density at radius 3 is 2.85 bits per heavy atom. The molecule has 1 aromatic rings. The number of rotatable bonds is 5. The van der Waals surface area contributed by atoms with Crippen LogP contribution < -0.4 is 10.6 Å². The number of hydrogen-bond donors (Lipinski definition) is 3. The van der Waals surface area contributed by atoms with Crippen LogP contribution in [0.15, 0.2) is 6.20 Å². The number of amides is 1. The molecule has 2 heterocycles. The molecule has 8 nitrogen and oxygen atoms in total. The van der Waals surface area contributed by atoms with Crippen LogP contribution in [0.2, 0.25) is 0 Å². The Balaban J connectivity index is 2.00. The van der Waals surface area contributed by atoms with Gasteiger partial charge in [0.25, 0.3) is 5.91 Å². The van der Waals surface area contributed by atoms with Gasteiger partial charge in [-0.3, -0.25) is 4.79 Å². The van der Waals surface area contributed by atoms with E-state index < -0.39 is 17.9 Å². The average molecular weight is 281 g/mol. The smallest absolute Gasteiger partial charge is 0.326 e. The lowest BCUT2D eigenvalue weighted by molar-refractivity contribution is -0.139. The van der Waals surface area contributed by atoms with E-state index in [0.717, 1.165) is 25.9 Å². The molecular weight excluding hydrogens is 262 g/mol. The highest BCUT2D eigenvalue weighted by Crippen LogP contribution is 2.17. The second-order valence-electron chi connectivity index (χ2n) is 4.84. The summed E-state index contributed by atoms with van der Waals surface area (Å²) < 4.78 is 1.69. The molecule has 0 spiro atoms. The van der Waals surface area contributed by atoms with Crippen molar-refractivity contribution in [3.63, 3.8) is 0 Å². The summed E-state index contributed by atoms with van der Waals surface area (Å²) in [4.78, 5) is 22.8. The van der Waals surface area contributed by atoms with Crippen LogP contribution in [0.25, 0.3) is 0 Å². The molecule has 1 aliphatic rings. The third-order valence-electron chi connectivity index (χ3n) is 3.44. The monoisotopic (exact) mass is 281 g/mol. The summed E-state index contributed by atoms with van der Waals surface area (Å²) in [5.74, 6) is -1.55. The first-order valence-electron chi connectivity index (χ1n) is 6.78. The molecule has 0 radical (unpaired) electrons. The number of hydrogen-bond acceptors (Lipinski definition) is 5. The Morgan fingerprint density at radius 1 is 1.55 bits per heavy atom. The summed E-state index contributed by atoms with van der Waals surface area (Å²) >= 11 is 0. The highest BCUT2D eigenvalue weighted by molar-refractivity contribution is 5.94. The number of carbonyl (C=O) groups is 2. The van der Waals surface area contributed by atoms with Gasteiger partial charge in [0.2, 0.25) is 0 Å². The van der Waals surface area contributed by atoms with Crippen LogP contribution >= 0.6 is 0 Å². The average Bonchev–Trinajstić information content (AvgIpc) is 2.95. The SMILES string of the molecule is CC[C@H](NC(=O)c1cn(C2CCNCC2)nn1)C(=O)O. The number of nitrogens with one attached hydrogen (secondary N) is 2. The zero-order chi connectivity index (χ0) is 14.5. The van der Waals surface area contributed by atoms with Gasteiger partial charge in [-0.15, -0.1) is 5.10 Å². The molecule has 1 amide bonds. The first-order chi connectivity index (χ1) is 9.61. The normalized spacial score (nSPS) is 17.6. The van der Waals surface area contributed by atoms with Crippen molar-refractivity contribution in [3.8, 4) is 0 Å². The predicted molar refractivity (Wildman–Crippen MR) is 70.3 cm³/mol. The fraction of sp³-hybridized carbons (Fsp3) is 0.667. The minimum absolute atomic E-state index is 0.156. The molecule has 110 valence electrons. The summed E-state index contributed by atoms with van der Waals surface area (Å²) in [6.07, 6.45) is 3.79. The van der Waals surface area contributed by atoms with Crippen LogP contribution in [0.3, 0.4) is 0 Å². The van der Waals surface area contributed by atoms with E-state index in [9.17, 15) is 9.59 Å². The van der Waals surface area contributed by atoms with Gasteiger partial charge >= 0.3 is 5.97 Å². The van der Waals surface area contributed by atoms with Crippen LogP contribution in [0.4, 0.5) is 0 Å². The van der Waals surface area contributed by atoms with Gasteiger partial charge in [-0.25, -0.2) is 9.48 Å². The molecule has 1 aromatic heterocycles. The summed E-state index contributed by atoms with van der Waals surface area (Å²) in [6, 6.07) is -0.654. The summed E-state index contributed by atoms with van der Waals surface area (Å²) in [7, 11) is 0. The van der Waals surface area contributed by atoms with E-state index in [4.69, 9.17) is 5.11 Å². The largest absolute Gasteiger partial charge is 0.480 e. The number of nitrogens with zero attached hydrogens (tertiary/aromatic N) is 3. The van der Waals surface area contributed by atoms with Crippen LogP contribution in [-0.4, -0.2) is 51.1 Å². The van der Waals surface area contributed by atoms with Gasteiger partial charge in [0.1, 0.15) is 6.04 Å². The molecule has 8 heteroatoms. The maximum atomic E-state index is 11.9.